The lowest BCUT2D eigenvalue weighted by Gasteiger charge is -2.13. The predicted octanol–water partition coefficient (Wildman–Crippen LogP) is 4.45. The largest absolute Gasteiger partial charge is 0.353 e. The fraction of sp³-hybridized carbons (Fsp3) is 0.200. The first kappa shape index (κ1) is 13.2. The first-order chi connectivity index (χ1) is 7.95. The number of allylic oxidation sites excluding steroid dienone is 1. The lowest BCUT2D eigenvalue weighted by atomic mass is 10.1. The van der Waals surface area contributed by atoms with Crippen LogP contribution in [0.4, 0.5) is 10.1 Å². The molecule has 0 heterocycles. The van der Waals surface area contributed by atoms with E-state index in [9.17, 15) is 4.39 Å². The van der Waals surface area contributed by atoms with Crippen LogP contribution < -0.4 is 5.32 Å². The molecule has 0 unspecified atom stereocenters. The zero-order chi connectivity index (χ0) is 13.0. The van der Waals surface area contributed by atoms with E-state index in [2.05, 4.69) is 25.1 Å². The van der Waals surface area contributed by atoms with Crippen molar-refractivity contribution in [3.63, 3.8) is 0 Å². The summed E-state index contributed by atoms with van der Waals surface area (Å²) in [4.78, 5) is 0. The predicted molar refractivity (Wildman–Crippen MR) is 72.5 cm³/mol. The van der Waals surface area contributed by atoms with Gasteiger partial charge >= 0.3 is 0 Å². The number of hydrogen-bond acceptors (Lipinski definition) is 1. The second-order valence-corrected chi connectivity index (χ2v) is 4.03. The summed E-state index contributed by atoms with van der Waals surface area (Å²) in [5.74, 6) is -0.294. The quantitative estimate of drug-likeness (QED) is 0.738. The fourth-order valence-electron chi connectivity index (χ4n) is 1.38. The van der Waals surface area contributed by atoms with Crippen molar-refractivity contribution in [1.29, 1.82) is 0 Å². The van der Waals surface area contributed by atoms with Gasteiger partial charge in [-0.3, -0.25) is 0 Å². The highest BCUT2D eigenvalue weighted by Gasteiger charge is 2.06. The average Bonchev–Trinajstić information content (AvgIpc) is 2.30. The molecule has 0 radical (unpaired) electrons. The van der Waals surface area contributed by atoms with Crippen molar-refractivity contribution in [3.8, 4) is 0 Å². The van der Waals surface area contributed by atoms with E-state index in [0.29, 0.717) is 17.0 Å². The van der Waals surface area contributed by atoms with Gasteiger partial charge in [-0.25, -0.2) is 4.39 Å². The number of benzene rings is 1. The molecule has 1 aromatic carbocycles. The summed E-state index contributed by atoms with van der Waals surface area (Å²) in [7, 11) is 0. The van der Waals surface area contributed by atoms with Crippen molar-refractivity contribution in [2.45, 2.75) is 20.3 Å². The van der Waals surface area contributed by atoms with E-state index in [4.69, 9.17) is 0 Å². The van der Waals surface area contributed by atoms with Gasteiger partial charge in [0.05, 0.1) is 5.69 Å². The molecule has 0 aliphatic carbocycles. The smallest absolute Gasteiger partial charge is 0.146 e. The van der Waals surface area contributed by atoms with Crippen molar-refractivity contribution in [2.75, 3.05) is 5.32 Å². The summed E-state index contributed by atoms with van der Waals surface area (Å²) < 4.78 is 13.6. The first-order valence-electron chi connectivity index (χ1n) is 5.55. The van der Waals surface area contributed by atoms with Crippen LogP contribution in [0.3, 0.4) is 0 Å². The van der Waals surface area contributed by atoms with Gasteiger partial charge in [-0.15, -0.1) is 0 Å². The molecule has 0 saturated heterocycles. The van der Waals surface area contributed by atoms with Gasteiger partial charge in [0.15, 0.2) is 0 Å². The third kappa shape index (κ3) is 3.31. The Morgan fingerprint density at radius 3 is 2.47 bits per heavy atom. The van der Waals surface area contributed by atoms with Crippen molar-refractivity contribution >= 4 is 5.69 Å². The van der Waals surface area contributed by atoms with Crippen LogP contribution in [-0.2, 0) is 6.42 Å². The van der Waals surface area contributed by atoms with Gasteiger partial charge in [-0.1, -0.05) is 32.7 Å². The highest BCUT2D eigenvalue weighted by molar-refractivity contribution is 5.57. The van der Waals surface area contributed by atoms with Gasteiger partial charge in [-0.05, 0) is 42.2 Å². The minimum Gasteiger partial charge on any atom is -0.353 e. The van der Waals surface area contributed by atoms with E-state index in [0.717, 1.165) is 17.6 Å². The molecule has 2 heteroatoms. The highest BCUT2D eigenvalue weighted by atomic mass is 19.1. The van der Waals surface area contributed by atoms with Gasteiger partial charge in [0.25, 0.3) is 0 Å². The van der Waals surface area contributed by atoms with E-state index in [1.807, 2.05) is 13.8 Å². The number of nitrogens with one attached hydrogen (secondary N) is 1. The van der Waals surface area contributed by atoms with Crippen LogP contribution in [0.2, 0.25) is 0 Å². The summed E-state index contributed by atoms with van der Waals surface area (Å²) in [5.41, 5.74) is 3.59. The molecular weight excluding hydrogens is 213 g/mol. The number of rotatable bonds is 5. The standard InChI is InChI=1S/C15H18FN/c1-6-13-7-8-14(16)15(9-13)17-12(5)11(4)10(2)3/h7-9,17H,2,4-6H2,1,3H3. The van der Waals surface area contributed by atoms with Crippen LogP contribution >= 0.6 is 0 Å². The molecular formula is C15H18FN. The monoisotopic (exact) mass is 231 g/mol. The zero-order valence-electron chi connectivity index (χ0n) is 10.4. The fourth-order valence-corrected chi connectivity index (χ4v) is 1.38. The number of anilines is 1. The minimum absolute atomic E-state index is 0.294. The van der Waals surface area contributed by atoms with Gasteiger partial charge < -0.3 is 5.32 Å². The third-order valence-corrected chi connectivity index (χ3v) is 2.60. The van der Waals surface area contributed by atoms with Crippen LogP contribution in [0, 0.1) is 5.82 Å². The maximum atomic E-state index is 13.6. The van der Waals surface area contributed by atoms with E-state index in [1.165, 1.54) is 6.07 Å². The molecule has 0 fully saturated rings. The van der Waals surface area contributed by atoms with Crippen LogP contribution in [-0.4, -0.2) is 0 Å². The van der Waals surface area contributed by atoms with E-state index >= 15 is 0 Å². The molecule has 0 amide bonds. The van der Waals surface area contributed by atoms with Gasteiger partial charge in [0.1, 0.15) is 5.82 Å². The molecule has 0 aliphatic rings. The van der Waals surface area contributed by atoms with Crippen molar-refractivity contribution in [3.05, 3.63) is 66.2 Å². The van der Waals surface area contributed by atoms with Gasteiger partial charge in [0, 0.05) is 5.70 Å². The Balaban J connectivity index is 2.91. The molecule has 0 bridgehead atoms. The summed E-state index contributed by atoms with van der Waals surface area (Å²) in [5, 5.41) is 2.94. The number of hydrogen-bond donors (Lipinski definition) is 1. The number of halogens is 1. The third-order valence-electron chi connectivity index (χ3n) is 2.60. The average molecular weight is 231 g/mol. The molecule has 17 heavy (non-hydrogen) atoms. The molecule has 0 spiro atoms. The highest BCUT2D eigenvalue weighted by Crippen LogP contribution is 2.21. The Bertz CT molecular complexity index is 472. The van der Waals surface area contributed by atoms with Gasteiger partial charge in [-0.2, -0.15) is 0 Å². The van der Waals surface area contributed by atoms with E-state index < -0.39 is 0 Å². The van der Waals surface area contributed by atoms with Crippen LogP contribution in [0.5, 0.6) is 0 Å². The van der Waals surface area contributed by atoms with Crippen LogP contribution in [0.1, 0.15) is 19.4 Å². The Kier molecular flexibility index (Phi) is 4.27. The summed E-state index contributed by atoms with van der Waals surface area (Å²) in [6.07, 6.45) is 0.864. The molecule has 1 aromatic rings. The molecule has 1 nitrogen and oxygen atoms in total. The molecule has 0 aliphatic heterocycles. The van der Waals surface area contributed by atoms with Crippen molar-refractivity contribution in [2.24, 2.45) is 0 Å². The van der Waals surface area contributed by atoms with E-state index in [-0.39, 0.29) is 5.82 Å². The molecule has 0 atom stereocenters. The second kappa shape index (κ2) is 5.48. The maximum absolute atomic E-state index is 13.6. The molecule has 1 rings (SSSR count). The Morgan fingerprint density at radius 1 is 1.29 bits per heavy atom. The zero-order valence-corrected chi connectivity index (χ0v) is 10.4. The van der Waals surface area contributed by atoms with E-state index in [1.54, 1.807) is 12.1 Å². The lowest BCUT2D eigenvalue weighted by molar-refractivity contribution is 0.631. The summed E-state index contributed by atoms with van der Waals surface area (Å²) in [6.45, 7) is 15.3. The topological polar surface area (TPSA) is 12.0 Å². The minimum atomic E-state index is -0.294. The molecule has 0 aromatic heterocycles. The number of aryl methyl sites for hydroxylation is 1. The van der Waals surface area contributed by atoms with Crippen LogP contribution in [0.25, 0.3) is 0 Å². The molecule has 0 saturated carbocycles. The Hall–Kier alpha value is -1.83. The van der Waals surface area contributed by atoms with Gasteiger partial charge in [0.2, 0.25) is 0 Å². The lowest BCUT2D eigenvalue weighted by Crippen LogP contribution is -2.03. The summed E-state index contributed by atoms with van der Waals surface area (Å²) in [6, 6.07) is 5.01. The summed E-state index contributed by atoms with van der Waals surface area (Å²) >= 11 is 0. The Labute approximate surface area is 102 Å². The normalized spacial score (nSPS) is 9.82. The first-order valence-corrected chi connectivity index (χ1v) is 5.55. The van der Waals surface area contributed by atoms with Crippen molar-refractivity contribution in [1.82, 2.24) is 0 Å². The molecule has 90 valence electrons. The van der Waals surface area contributed by atoms with Crippen LogP contribution in [0.15, 0.2) is 54.8 Å². The second-order valence-electron chi connectivity index (χ2n) is 4.03. The Morgan fingerprint density at radius 2 is 1.94 bits per heavy atom. The maximum Gasteiger partial charge on any atom is 0.146 e. The SMILES string of the molecule is C=C(C)C(=C)C(=C)Nc1cc(CC)ccc1F. The van der Waals surface area contributed by atoms with Crippen molar-refractivity contribution < 1.29 is 4.39 Å². The molecule has 1 N–H and O–H groups in total.